The molecule has 0 spiro atoms. The Morgan fingerprint density at radius 2 is 1.72 bits per heavy atom. The molecule has 0 saturated heterocycles. The van der Waals surface area contributed by atoms with E-state index in [4.69, 9.17) is 21.7 Å². The molecule has 4 rings (SSSR count). The van der Waals surface area contributed by atoms with E-state index in [1.807, 2.05) is 37.3 Å². The van der Waals surface area contributed by atoms with Gasteiger partial charge in [0.05, 0.1) is 17.0 Å². The van der Waals surface area contributed by atoms with Gasteiger partial charge in [0.25, 0.3) is 0 Å². The summed E-state index contributed by atoms with van der Waals surface area (Å²) in [5, 5.41) is 8.73. The van der Waals surface area contributed by atoms with Crippen molar-refractivity contribution in [1.82, 2.24) is 14.6 Å². The maximum absolute atomic E-state index is 13.3. The minimum atomic E-state index is -0.276. The molecule has 2 aromatic heterocycles. The lowest BCUT2D eigenvalue weighted by Gasteiger charge is -2.20. The minimum absolute atomic E-state index is 0.170. The first-order valence-corrected chi connectivity index (χ1v) is 9.80. The van der Waals surface area contributed by atoms with Crippen LogP contribution in [-0.4, -0.2) is 14.6 Å². The van der Waals surface area contributed by atoms with E-state index in [9.17, 15) is 4.39 Å². The van der Waals surface area contributed by atoms with Crippen molar-refractivity contribution in [3.8, 4) is 11.1 Å². The fraction of sp³-hybridized carbons (Fsp3) is 0.217. The van der Waals surface area contributed by atoms with Gasteiger partial charge in [0.15, 0.2) is 5.65 Å². The third-order valence-electron chi connectivity index (χ3n) is 4.79. The number of anilines is 2. The summed E-state index contributed by atoms with van der Waals surface area (Å²) in [4.78, 5) is 4.94. The second kappa shape index (κ2) is 7.16. The molecule has 4 nitrogen and oxygen atoms in total. The highest BCUT2D eigenvalue weighted by Crippen LogP contribution is 2.35. The molecular weight excluding hydrogens is 387 g/mol. The van der Waals surface area contributed by atoms with Crippen molar-refractivity contribution in [2.75, 3.05) is 5.32 Å². The van der Waals surface area contributed by atoms with Gasteiger partial charge in [0, 0.05) is 27.8 Å². The highest BCUT2D eigenvalue weighted by Gasteiger charge is 2.23. The Kier molecular flexibility index (Phi) is 4.79. The number of nitrogens with zero attached hydrogens (tertiary/aromatic N) is 3. The van der Waals surface area contributed by atoms with Gasteiger partial charge in [-0.2, -0.15) is 9.61 Å². The zero-order valence-electron chi connectivity index (χ0n) is 16.8. The molecule has 4 aromatic rings. The highest BCUT2D eigenvalue weighted by molar-refractivity contribution is 6.33. The second-order valence-electron chi connectivity index (χ2n) is 8.08. The first-order chi connectivity index (χ1) is 13.7. The van der Waals surface area contributed by atoms with Crippen molar-refractivity contribution in [2.45, 2.75) is 33.1 Å². The Labute approximate surface area is 174 Å². The molecule has 0 radical (unpaired) electrons. The van der Waals surface area contributed by atoms with Gasteiger partial charge in [-0.3, -0.25) is 0 Å². The zero-order chi connectivity index (χ0) is 20.8. The van der Waals surface area contributed by atoms with E-state index in [2.05, 4.69) is 26.1 Å². The van der Waals surface area contributed by atoms with Crippen LogP contribution in [0.2, 0.25) is 5.02 Å². The number of aryl methyl sites for hydroxylation is 1. The molecule has 2 aromatic carbocycles. The largest absolute Gasteiger partial charge is 0.340 e. The van der Waals surface area contributed by atoms with Crippen LogP contribution < -0.4 is 5.32 Å². The number of aromatic nitrogens is 3. The van der Waals surface area contributed by atoms with Crippen LogP contribution in [0.4, 0.5) is 15.9 Å². The van der Waals surface area contributed by atoms with Crippen LogP contribution in [0.5, 0.6) is 0 Å². The van der Waals surface area contributed by atoms with Gasteiger partial charge >= 0.3 is 0 Å². The summed E-state index contributed by atoms with van der Waals surface area (Å²) >= 11 is 6.49. The summed E-state index contributed by atoms with van der Waals surface area (Å²) in [5.74, 6) is 0.481. The predicted octanol–water partition coefficient (Wildman–Crippen LogP) is 6.54. The molecule has 0 unspecified atom stereocenters. The van der Waals surface area contributed by atoms with E-state index in [0.717, 1.165) is 39.7 Å². The Balaban J connectivity index is 1.97. The molecule has 29 heavy (non-hydrogen) atoms. The Morgan fingerprint density at radius 1 is 1.03 bits per heavy atom. The van der Waals surface area contributed by atoms with Gasteiger partial charge in [-0.05, 0) is 37.3 Å². The fourth-order valence-electron chi connectivity index (χ4n) is 3.26. The summed E-state index contributed by atoms with van der Waals surface area (Å²) in [6.07, 6.45) is 0. The van der Waals surface area contributed by atoms with Gasteiger partial charge in [-0.15, -0.1) is 0 Å². The fourth-order valence-corrected chi connectivity index (χ4v) is 3.49. The molecule has 6 heteroatoms. The standard InChI is InChI=1S/C23H22ClFN4/c1-14-21(17-7-5-6-8-18(17)24)22-27-19(23(2,3)4)13-20(29(22)28-14)26-16-11-9-15(25)10-12-16/h5-13,26H,1-4H3. The molecule has 0 bridgehead atoms. The van der Waals surface area contributed by atoms with Crippen molar-refractivity contribution in [3.05, 3.63) is 76.8 Å². The summed E-state index contributed by atoms with van der Waals surface area (Å²) in [6.45, 7) is 8.30. The lowest BCUT2D eigenvalue weighted by molar-refractivity contribution is 0.569. The van der Waals surface area contributed by atoms with Gasteiger partial charge in [0.1, 0.15) is 11.6 Å². The third-order valence-corrected chi connectivity index (χ3v) is 5.12. The topological polar surface area (TPSA) is 42.2 Å². The summed E-state index contributed by atoms with van der Waals surface area (Å²) < 4.78 is 15.1. The summed E-state index contributed by atoms with van der Waals surface area (Å²) in [5.41, 5.74) is 4.88. The van der Waals surface area contributed by atoms with Crippen LogP contribution in [0.1, 0.15) is 32.2 Å². The van der Waals surface area contributed by atoms with Crippen molar-refractivity contribution in [3.63, 3.8) is 0 Å². The zero-order valence-corrected chi connectivity index (χ0v) is 17.5. The average molecular weight is 409 g/mol. The van der Waals surface area contributed by atoms with Crippen LogP contribution in [0.25, 0.3) is 16.8 Å². The maximum Gasteiger partial charge on any atom is 0.165 e. The van der Waals surface area contributed by atoms with Crippen LogP contribution in [0.3, 0.4) is 0 Å². The quantitative estimate of drug-likeness (QED) is 0.418. The molecule has 0 amide bonds. The average Bonchev–Trinajstić information content (AvgIpc) is 2.99. The van der Waals surface area contributed by atoms with Crippen molar-refractivity contribution in [2.24, 2.45) is 0 Å². The molecule has 0 aliphatic carbocycles. The van der Waals surface area contributed by atoms with Crippen LogP contribution in [0, 0.1) is 12.7 Å². The summed E-state index contributed by atoms with van der Waals surface area (Å²) in [7, 11) is 0. The summed E-state index contributed by atoms with van der Waals surface area (Å²) in [6, 6.07) is 15.9. The number of rotatable bonds is 3. The number of nitrogens with one attached hydrogen (secondary N) is 1. The van der Waals surface area contributed by atoms with Crippen LogP contribution in [0.15, 0.2) is 54.6 Å². The number of hydrogen-bond acceptors (Lipinski definition) is 3. The molecule has 2 heterocycles. The van der Waals surface area contributed by atoms with Crippen molar-refractivity contribution < 1.29 is 4.39 Å². The Bertz CT molecular complexity index is 1190. The molecule has 0 aliphatic heterocycles. The number of hydrogen-bond donors (Lipinski definition) is 1. The third kappa shape index (κ3) is 3.70. The predicted molar refractivity (Wildman–Crippen MR) is 117 cm³/mol. The number of fused-ring (bicyclic) bond motifs is 1. The van der Waals surface area contributed by atoms with E-state index < -0.39 is 0 Å². The van der Waals surface area contributed by atoms with Gasteiger partial charge < -0.3 is 5.32 Å². The SMILES string of the molecule is Cc1nn2c(Nc3ccc(F)cc3)cc(C(C)(C)C)nc2c1-c1ccccc1Cl. The first kappa shape index (κ1) is 19.4. The maximum atomic E-state index is 13.3. The molecule has 148 valence electrons. The molecule has 0 saturated carbocycles. The van der Waals surface area contributed by atoms with E-state index >= 15 is 0 Å². The lowest BCUT2D eigenvalue weighted by Crippen LogP contribution is -2.16. The van der Waals surface area contributed by atoms with Gasteiger partial charge in [-0.25, -0.2) is 9.37 Å². The lowest BCUT2D eigenvalue weighted by atomic mass is 9.92. The number of benzene rings is 2. The molecular formula is C23H22ClFN4. The monoisotopic (exact) mass is 408 g/mol. The molecule has 1 N–H and O–H groups in total. The molecule has 0 fully saturated rings. The van der Waals surface area contributed by atoms with Crippen LogP contribution >= 0.6 is 11.6 Å². The van der Waals surface area contributed by atoms with E-state index in [1.54, 1.807) is 16.6 Å². The highest BCUT2D eigenvalue weighted by atomic mass is 35.5. The van der Waals surface area contributed by atoms with Gasteiger partial charge in [-0.1, -0.05) is 50.6 Å². The van der Waals surface area contributed by atoms with Crippen LogP contribution in [-0.2, 0) is 5.41 Å². The normalized spacial score (nSPS) is 11.8. The van der Waals surface area contributed by atoms with Crippen molar-refractivity contribution in [1.29, 1.82) is 0 Å². The number of halogens is 2. The van der Waals surface area contributed by atoms with E-state index in [0.29, 0.717) is 5.02 Å². The smallest absolute Gasteiger partial charge is 0.165 e. The molecule has 0 atom stereocenters. The van der Waals surface area contributed by atoms with E-state index in [-0.39, 0.29) is 11.2 Å². The molecule has 0 aliphatic rings. The second-order valence-corrected chi connectivity index (χ2v) is 8.49. The Morgan fingerprint density at radius 3 is 2.38 bits per heavy atom. The van der Waals surface area contributed by atoms with Gasteiger partial charge in [0.2, 0.25) is 0 Å². The minimum Gasteiger partial charge on any atom is -0.340 e. The Hall–Kier alpha value is -2.92. The van der Waals surface area contributed by atoms with E-state index in [1.165, 1.54) is 12.1 Å². The van der Waals surface area contributed by atoms with Crippen molar-refractivity contribution >= 4 is 28.8 Å². The first-order valence-electron chi connectivity index (χ1n) is 9.42.